The SMILES string of the molecule is C#CCC(C)NC(=O)C(C)(N)C1CC1. The Hall–Kier alpha value is -1.01. The van der Waals surface area contributed by atoms with Gasteiger partial charge in [-0.1, -0.05) is 0 Å². The van der Waals surface area contributed by atoms with Gasteiger partial charge in [0.1, 0.15) is 0 Å². The fourth-order valence-electron chi connectivity index (χ4n) is 1.48. The Labute approximate surface area is 85.4 Å². The number of rotatable bonds is 4. The van der Waals surface area contributed by atoms with E-state index in [4.69, 9.17) is 12.2 Å². The maximum Gasteiger partial charge on any atom is 0.240 e. The normalized spacial score (nSPS) is 21.9. The van der Waals surface area contributed by atoms with Gasteiger partial charge in [-0.15, -0.1) is 12.3 Å². The van der Waals surface area contributed by atoms with Crippen LogP contribution in [0, 0.1) is 18.3 Å². The highest BCUT2D eigenvalue weighted by Gasteiger charge is 2.44. The summed E-state index contributed by atoms with van der Waals surface area (Å²) in [6.07, 6.45) is 7.82. The molecule has 1 amide bonds. The lowest BCUT2D eigenvalue weighted by Gasteiger charge is -2.25. The van der Waals surface area contributed by atoms with Crippen LogP contribution in [0.4, 0.5) is 0 Å². The third kappa shape index (κ3) is 2.49. The fourth-order valence-corrected chi connectivity index (χ4v) is 1.48. The molecule has 1 saturated carbocycles. The zero-order valence-electron chi connectivity index (χ0n) is 8.84. The molecule has 14 heavy (non-hydrogen) atoms. The molecule has 0 saturated heterocycles. The first-order valence-electron chi connectivity index (χ1n) is 5.01. The third-order valence-corrected chi connectivity index (χ3v) is 2.72. The van der Waals surface area contributed by atoms with E-state index in [0.717, 1.165) is 12.8 Å². The van der Waals surface area contributed by atoms with Crippen molar-refractivity contribution in [2.45, 2.75) is 44.7 Å². The Morgan fingerprint density at radius 2 is 2.36 bits per heavy atom. The molecule has 0 spiro atoms. The molecule has 0 aliphatic heterocycles. The molecule has 0 bridgehead atoms. The Morgan fingerprint density at radius 3 is 2.79 bits per heavy atom. The molecule has 1 aliphatic carbocycles. The summed E-state index contributed by atoms with van der Waals surface area (Å²) in [6.45, 7) is 3.68. The van der Waals surface area contributed by atoms with Crippen LogP contribution < -0.4 is 11.1 Å². The first-order valence-corrected chi connectivity index (χ1v) is 5.01. The number of hydrogen-bond acceptors (Lipinski definition) is 2. The molecule has 2 unspecified atom stereocenters. The molecule has 1 rings (SSSR count). The average molecular weight is 194 g/mol. The van der Waals surface area contributed by atoms with Crippen LogP contribution in [0.25, 0.3) is 0 Å². The van der Waals surface area contributed by atoms with Crippen LogP contribution in [-0.2, 0) is 4.79 Å². The standard InChI is InChI=1S/C11H18N2O/c1-4-5-8(2)13-10(14)11(3,12)9-6-7-9/h1,8-9H,5-7,12H2,2-3H3,(H,13,14). The molecule has 3 heteroatoms. The van der Waals surface area contributed by atoms with Gasteiger partial charge in [-0.25, -0.2) is 0 Å². The topological polar surface area (TPSA) is 55.1 Å². The molecule has 1 fully saturated rings. The van der Waals surface area contributed by atoms with Gasteiger partial charge in [-0.3, -0.25) is 4.79 Å². The Morgan fingerprint density at radius 1 is 1.79 bits per heavy atom. The highest BCUT2D eigenvalue weighted by molar-refractivity contribution is 5.86. The van der Waals surface area contributed by atoms with Gasteiger partial charge in [0.25, 0.3) is 0 Å². The second-order valence-corrected chi connectivity index (χ2v) is 4.34. The van der Waals surface area contributed by atoms with Crippen molar-refractivity contribution in [3.63, 3.8) is 0 Å². The van der Waals surface area contributed by atoms with Crippen molar-refractivity contribution < 1.29 is 4.79 Å². The predicted octanol–water partition coefficient (Wildman–Crippen LogP) is 0.642. The zero-order chi connectivity index (χ0) is 10.8. The largest absolute Gasteiger partial charge is 0.351 e. The summed E-state index contributed by atoms with van der Waals surface area (Å²) >= 11 is 0. The summed E-state index contributed by atoms with van der Waals surface area (Å²) in [5.41, 5.74) is 5.23. The van der Waals surface area contributed by atoms with E-state index < -0.39 is 5.54 Å². The van der Waals surface area contributed by atoms with Crippen LogP contribution in [-0.4, -0.2) is 17.5 Å². The maximum atomic E-state index is 11.7. The van der Waals surface area contributed by atoms with Crippen molar-refractivity contribution in [3.05, 3.63) is 0 Å². The van der Waals surface area contributed by atoms with Gasteiger partial charge >= 0.3 is 0 Å². The van der Waals surface area contributed by atoms with Crippen molar-refractivity contribution in [1.82, 2.24) is 5.32 Å². The highest BCUT2D eigenvalue weighted by atomic mass is 16.2. The average Bonchev–Trinajstić information content (AvgIpc) is 2.86. The molecule has 2 atom stereocenters. The molecular weight excluding hydrogens is 176 g/mol. The molecule has 0 heterocycles. The van der Waals surface area contributed by atoms with Crippen LogP contribution in [0.3, 0.4) is 0 Å². The van der Waals surface area contributed by atoms with Crippen molar-refractivity contribution in [2.24, 2.45) is 11.7 Å². The summed E-state index contributed by atoms with van der Waals surface area (Å²) < 4.78 is 0. The van der Waals surface area contributed by atoms with E-state index in [9.17, 15) is 4.79 Å². The van der Waals surface area contributed by atoms with E-state index in [1.54, 1.807) is 6.92 Å². The van der Waals surface area contributed by atoms with E-state index in [0.29, 0.717) is 12.3 Å². The maximum absolute atomic E-state index is 11.7. The number of nitrogens with one attached hydrogen (secondary N) is 1. The van der Waals surface area contributed by atoms with Gasteiger partial charge in [0, 0.05) is 12.5 Å². The van der Waals surface area contributed by atoms with Crippen molar-refractivity contribution >= 4 is 5.91 Å². The molecule has 0 aromatic rings. The number of carbonyl (C=O) groups excluding carboxylic acids is 1. The minimum absolute atomic E-state index is 0.00845. The van der Waals surface area contributed by atoms with Crippen molar-refractivity contribution in [3.8, 4) is 12.3 Å². The zero-order valence-corrected chi connectivity index (χ0v) is 8.84. The number of carbonyl (C=O) groups is 1. The van der Waals surface area contributed by atoms with Gasteiger partial charge < -0.3 is 11.1 Å². The number of nitrogens with two attached hydrogens (primary N) is 1. The van der Waals surface area contributed by atoms with E-state index in [1.165, 1.54) is 0 Å². The summed E-state index contributed by atoms with van der Waals surface area (Å²) in [6, 6.07) is 0.00845. The minimum atomic E-state index is -0.719. The highest BCUT2D eigenvalue weighted by Crippen LogP contribution is 2.38. The molecule has 0 radical (unpaired) electrons. The first-order chi connectivity index (χ1) is 6.48. The summed E-state index contributed by atoms with van der Waals surface area (Å²) in [4.78, 5) is 11.7. The molecule has 0 aromatic carbocycles. The van der Waals surface area contributed by atoms with Gasteiger partial charge in [-0.2, -0.15) is 0 Å². The lowest BCUT2D eigenvalue weighted by Crippen LogP contribution is -2.55. The van der Waals surface area contributed by atoms with E-state index >= 15 is 0 Å². The number of terminal acetylenes is 1. The fraction of sp³-hybridized carbons (Fsp3) is 0.727. The molecule has 3 N–H and O–H groups in total. The predicted molar refractivity (Wildman–Crippen MR) is 56.4 cm³/mol. The first kappa shape index (κ1) is 11.1. The van der Waals surface area contributed by atoms with Gasteiger partial charge in [0.05, 0.1) is 5.54 Å². The quantitative estimate of drug-likeness (QED) is 0.645. The van der Waals surface area contributed by atoms with Crippen LogP contribution in [0.1, 0.15) is 33.1 Å². The molecule has 78 valence electrons. The number of hydrogen-bond donors (Lipinski definition) is 2. The van der Waals surface area contributed by atoms with Gasteiger partial charge in [0.2, 0.25) is 5.91 Å². The second-order valence-electron chi connectivity index (χ2n) is 4.34. The molecule has 1 aliphatic rings. The Bertz CT molecular complexity index is 261. The van der Waals surface area contributed by atoms with Crippen LogP contribution in [0.5, 0.6) is 0 Å². The monoisotopic (exact) mass is 194 g/mol. The van der Waals surface area contributed by atoms with Crippen LogP contribution in [0.15, 0.2) is 0 Å². The molecule has 3 nitrogen and oxygen atoms in total. The lowest BCUT2D eigenvalue weighted by molar-refractivity contribution is -0.127. The summed E-state index contributed by atoms with van der Waals surface area (Å²) in [5, 5.41) is 2.84. The Balaban J connectivity index is 2.45. The smallest absolute Gasteiger partial charge is 0.240 e. The molecular formula is C11H18N2O. The van der Waals surface area contributed by atoms with Crippen molar-refractivity contribution in [2.75, 3.05) is 0 Å². The minimum Gasteiger partial charge on any atom is -0.351 e. The summed E-state index contributed by atoms with van der Waals surface area (Å²) in [7, 11) is 0. The van der Waals surface area contributed by atoms with Crippen LogP contribution in [0.2, 0.25) is 0 Å². The number of amides is 1. The van der Waals surface area contributed by atoms with E-state index in [-0.39, 0.29) is 11.9 Å². The molecule has 0 aromatic heterocycles. The van der Waals surface area contributed by atoms with Crippen LogP contribution >= 0.6 is 0 Å². The summed E-state index contributed by atoms with van der Waals surface area (Å²) in [5.74, 6) is 2.78. The van der Waals surface area contributed by atoms with E-state index in [2.05, 4.69) is 11.2 Å². The third-order valence-electron chi connectivity index (χ3n) is 2.72. The van der Waals surface area contributed by atoms with E-state index in [1.807, 2.05) is 6.92 Å². The lowest BCUT2D eigenvalue weighted by atomic mass is 9.96. The Kier molecular flexibility index (Phi) is 3.17. The van der Waals surface area contributed by atoms with Crippen molar-refractivity contribution in [1.29, 1.82) is 0 Å². The van der Waals surface area contributed by atoms with Gasteiger partial charge in [-0.05, 0) is 32.6 Å². The van der Waals surface area contributed by atoms with Gasteiger partial charge in [0.15, 0.2) is 0 Å². The second kappa shape index (κ2) is 4.02.